The summed E-state index contributed by atoms with van der Waals surface area (Å²) < 4.78 is 5.36. The highest BCUT2D eigenvalue weighted by Crippen LogP contribution is 2.55. The van der Waals surface area contributed by atoms with Gasteiger partial charge in [-0.15, -0.1) is 23.1 Å². The molecule has 2 aromatic rings. The van der Waals surface area contributed by atoms with Gasteiger partial charge in [-0.1, -0.05) is 6.07 Å². The zero-order chi connectivity index (χ0) is 26.0. The Bertz CT molecular complexity index is 1180. The van der Waals surface area contributed by atoms with Gasteiger partial charge in [0.25, 0.3) is 0 Å². The molecule has 198 valence electrons. The number of aliphatic imine (C=N–C) groups is 2. The normalized spacial score (nSPS) is 25.6. The number of alkyl carbamates (subject to hydrolysis) is 1. The first-order chi connectivity index (χ1) is 17.8. The number of carbonyl (C=O) groups is 1. The summed E-state index contributed by atoms with van der Waals surface area (Å²) in [5, 5.41) is 5.11. The van der Waals surface area contributed by atoms with Gasteiger partial charge in [-0.2, -0.15) is 0 Å². The van der Waals surface area contributed by atoms with Gasteiger partial charge in [-0.25, -0.2) is 20.6 Å². The molecule has 8 nitrogen and oxygen atoms in total. The van der Waals surface area contributed by atoms with Crippen LogP contribution in [-0.2, 0) is 10.2 Å². The number of thioether (sulfide) groups is 1. The Morgan fingerprint density at radius 3 is 2.59 bits per heavy atom. The number of benzene rings is 1. The number of nitrogens with two attached hydrogens (primary N) is 1. The average Bonchev–Trinajstić information content (AvgIpc) is 3.55. The van der Waals surface area contributed by atoms with Gasteiger partial charge in [0.15, 0.2) is 5.84 Å². The lowest BCUT2D eigenvalue weighted by Crippen LogP contribution is -2.58. The molecule has 0 saturated heterocycles. The summed E-state index contributed by atoms with van der Waals surface area (Å²) in [6.07, 6.45) is 11.9. The molecular weight excluding hydrogens is 504 g/mol. The SMILES string of the molecule is CN=CC(=Nc1ccc(-c2cnc(C34CCC(NC(=O)OC(C)C)(CC3)CC4)s2)c(SC2CC2)c1)NN. The van der Waals surface area contributed by atoms with Crippen LogP contribution in [0.5, 0.6) is 0 Å². The number of thiazole rings is 1. The van der Waals surface area contributed by atoms with Crippen molar-refractivity contribution in [3.63, 3.8) is 0 Å². The predicted octanol–water partition coefficient (Wildman–Crippen LogP) is 5.74. The molecule has 37 heavy (non-hydrogen) atoms. The van der Waals surface area contributed by atoms with Crippen LogP contribution in [0, 0.1) is 0 Å². The third-order valence-corrected chi connectivity index (χ3v) is 10.3. The lowest BCUT2D eigenvalue weighted by Gasteiger charge is -2.52. The quantitative estimate of drug-likeness (QED) is 0.170. The molecular formula is C27H36N6O2S2. The van der Waals surface area contributed by atoms with Crippen molar-refractivity contribution < 1.29 is 9.53 Å². The van der Waals surface area contributed by atoms with Crippen LogP contribution in [0.25, 0.3) is 10.4 Å². The van der Waals surface area contributed by atoms with Crippen LogP contribution in [0.3, 0.4) is 0 Å². The van der Waals surface area contributed by atoms with Crippen LogP contribution >= 0.6 is 23.1 Å². The second-order valence-electron chi connectivity index (χ2n) is 10.7. The van der Waals surface area contributed by atoms with Crippen LogP contribution in [0.15, 0.2) is 39.3 Å². The Hall–Kier alpha value is -2.43. The Labute approximate surface area is 226 Å². The van der Waals surface area contributed by atoms with Gasteiger partial charge in [0.2, 0.25) is 0 Å². The first-order valence-corrected chi connectivity index (χ1v) is 14.8. The molecule has 6 rings (SSSR count). The number of nitrogens with zero attached hydrogens (tertiary/aromatic N) is 3. The van der Waals surface area contributed by atoms with Gasteiger partial charge < -0.3 is 15.5 Å². The average molecular weight is 541 g/mol. The van der Waals surface area contributed by atoms with Crippen LogP contribution < -0.4 is 16.6 Å². The Balaban J connectivity index is 1.35. The molecule has 1 aromatic heterocycles. The lowest BCUT2D eigenvalue weighted by molar-refractivity contribution is 0.0560. The third kappa shape index (κ3) is 5.86. The molecule has 10 heteroatoms. The van der Waals surface area contributed by atoms with Crippen molar-refractivity contribution in [1.29, 1.82) is 0 Å². The second kappa shape index (κ2) is 10.7. The monoisotopic (exact) mass is 540 g/mol. The van der Waals surface area contributed by atoms with Gasteiger partial charge in [0.1, 0.15) is 0 Å². The Kier molecular flexibility index (Phi) is 7.60. The predicted molar refractivity (Wildman–Crippen MR) is 152 cm³/mol. The summed E-state index contributed by atoms with van der Waals surface area (Å²) in [5.41, 5.74) is 4.66. The highest BCUT2D eigenvalue weighted by molar-refractivity contribution is 8.00. The molecule has 0 radical (unpaired) electrons. The van der Waals surface area contributed by atoms with Crippen molar-refractivity contribution in [3.05, 3.63) is 29.4 Å². The standard InChI is InChI=1S/C27H36N6O2S2/c1-17(2)35-25(34)32-27-11-8-26(9-12-27,10-13-27)24-30-15-22(37-24)20-7-4-18(31-23(33-28)16-29-3)14-21(20)36-19-5-6-19/h4,7,14-17,19H,5-6,8-13,28H2,1-3H3,(H,31,33)(H,32,34). The summed E-state index contributed by atoms with van der Waals surface area (Å²) in [7, 11) is 1.70. The number of fused-ring (bicyclic) bond motifs is 3. The molecule has 1 amide bonds. The fraction of sp³-hybridized carbons (Fsp3) is 0.556. The molecule has 4 saturated carbocycles. The Morgan fingerprint density at radius 1 is 1.24 bits per heavy atom. The molecule has 4 aliphatic carbocycles. The summed E-state index contributed by atoms with van der Waals surface area (Å²) >= 11 is 3.76. The van der Waals surface area contributed by atoms with Crippen molar-refractivity contribution in [3.8, 4) is 10.4 Å². The molecule has 4 aliphatic rings. The molecule has 0 spiro atoms. The van der Waals surface area contributed by atoms with E-state index in [0.717, 1.165) is 44.2 Å². The van der Waals surface area contributed by atoms with E-state index in [4.69, 9.17) is 15.6 Å². The fourth-order valence-corrected chi connectivity index (χ4v) is 7.92. The van der Waals surface area contributed by atoms with Crippen molar-refractivity contribution >= 4 is 46.9 Å². The molecule has 0 unspecified atom stereocenters. The zero-order valence-electron chi connectivity index (χ0n) is 21.8. The molecule has 0 aliphatic heterocycles. The van der Waals surface area contributed by atoms with Crippen molar-refractivity contribution in [2.24, 2.45) is 15.8 Å². The van der Waals surface area contributed by atoms with Gasteiger partial charge in [0, 0.05) is 39.9 Å². The number of hydrazine groups is 1. The smallest absolute Gasteiger partial charge is 0.407 e. The van der Waals surface area contributed by atoms with Crippen LogP contribution in [-0.4, -0.2) is 47.1 Å². The first-order valence-electron chi connectivity index (χ1n) is 13.1. The Morgan fingerprint density at radius 2 is 1.97 bits per heavy atom. The van der Waals surface area contributed by atoms with E-state index >= 15 is 0 Å². The lowest BCUT2D eigenvalue weighted by atomic mass is 9.57. The van der Waals surface area contributed by atoms with Crippen molar-refractivity contribution in [1.82, 2.24) is 15.7 Å². The van der Waals surface area contributed by atoms with Gasteiger partial charge in [-0.05, 0) is 77.3 Å². The van der Waals surface area contributed by atoms with E-state index in [1.54, 1.807) is 13.3 Å². The van der Waals surface area contributed by atoms with Crippen LogP contribution in [0.4, 0.5) is 10.5 Å². The number of rotatable bonds is 8. The van der Waals surface area contributed by atoms with Gasteiger partial charge >= 0.3 is 6.09 Å². The van der Waals surface area contributed by atoms with Gasteiger partial charge in [-0.3, -0.25) is 4.99 Å². The number of nitrogens with one attached hydrogen (secondary N) is 2. The van der Waals surface area contributed by atoms with E-state index < -0.39 is 0 Å². The molecule has 0 atom stereocenters. The molecule has 1 heterocycles. The minimum atomic E-state index is -0.286. The van der Waals surface area contributed by atoms with E-state index in [1.807, 2.05) is 43.0 Å². The maximum atomic E-state index is 12.3. The summed E-state index contributed by atoms with van der Waals surface area (Å²) in [6.45, 7) is 3.77. The molecule has 4 fully saturated rings. The minimum absolute atomic E-state index is 0.107. The van der Waals surface area contributed by atoms with E-state index in [1.165, 1.54) is 33.2 Å². The van der Waals surface area contributed by atoms with Crippen LogP contribution in [0.2, 0.25) is 0 Å². The number of amidine groups is 1. The topological polar surface area (TPSA) is 114 Å². The number of carbonyl (C=O) groups excluding carboxylic acids is 1. The number of hydrogen-bond acceptors (Lipinski definition) is 8. The molecule has 2 bridgehead atoms. The fourth-order valence-electron chi connectivity index (χ4n) is 5.40. The van der Waals surface area contributed by atoms with E-state index in [2.05, 4.69) is 39.1 Å². The number of aromatic nitrogens is 1. The molecule has 4 N–H and O–H groups in total. The second-order valence-corrected chi connectivity index (χ2v) is 13.1. The summed E-state index contributed by atoms with van der Waals surface area (Å²) in [5.74, 6) is 6.12. The summed E-state index contributed by atoms with van der Waals surface area (Å²) in [4.78, 5) is 28.3. The van der Waals surface area contributed by atoms with Crippen molar-refractivity contribution in [2.75, 3.05) is 7.05 Å². The van der Waals surface area contributed by atoms with E-state index in [0.29, 0.717) is 11.1 Å². The van der Waals surface area contributed by atoms with Crippen LogP contribution in [0.1, 0.15) is 70.2 Å². The third-order valence-electron chi connectivity index (χ3n) is 7.61. The van der Waals surface area contributed by atoms with Gasteiger partial charge in [0.05, 0.1) is 27.9 Å². The highest BCUT2D eigenvalue weighted by Gasteiger charge is 2.51. The van der Waals surface area contributed by atoms with E-state index in [9.17, 15) is 4.79 Å². The minimum Gasteiger partial charge on any atom is -0.447 e. The number of hydrogen-bond donors (Lipinski definition) is 3. The number of amides is 1. The molecule has 1 aromatic carbocycles. The summed E-state index contributed by atoms with van der Waals surface area (Å²) in [6, 6.07) is 6.34. The largest absolute Gasteiger partial charge is 0.447 e. The number of ether oxygens (including phenoxy) is 1. The first kappa shape index (κ1) is 26.2. The van der Waals surface area contributed by atoms with Crippen molar-refractivity contribution in [2.45, 2.75) is 92.4 Å². The maximum absolute atomic E-state index is 12.3. The highest BCUT2D eigenvalue weighted by atomic mass is 32.2. The zero-order valence-corrected chi connectivity index (χ0v) is 23.4. The maximum Gasteiger partial charge on any atom is 0.407 e. The van der Waals surface area contributed by atoms with E-state index in [-0.39, 0.29) is 23.2 Å².